The van der Waals surface area contributed by atoms with E-state index in [9.17, 15) is 12.8 Å². The van der Waals surface area contributed by atoms with Crippen molar-refractivity contribution in [3.05, 3.63) is 42.3 Å². The molecule has 0 aliphatic carbocycles. The minimum Gasteiger partial charge on any atom is -0.361 e. The summed E-state index contributed by atoms with van der Waals surface area (Å²) in [5.74, 6) is -0.551. The lowest BCUT2D eigenvalue weighted by molar-refractivity contribution is 0.597. The first kappa shape index (κ1) is 10.9. The summed E-state index contributed by atoms with van der Waals surface area (Å²) in [6.45, 7) is 0. The third kappa shape index (κ3) is 1.86. The summed E-state index contributed by atoms with van der Waals surface area (Å²) in [4.78, 5) is 2.80. The molecule has 16 heavy (non-hydrogen) atoms. The van der Waals surface area contributed by atoms with Gasteiger partial charge in [-0.3, -0.25) is 0 Å². The second-order valence-corrected chi connectivity index (χ2v) is 5.45. The van der Waals surface area contributed by atoms with E-state index in [-0.39, 0.29) is 10.5 Å². The van der Waals surface area contributed by atoms with E-state index in [2.05, 4.69) is 4.98 Å². The van der Waals surface area contributed by atoms with Crippen molar-refractivity contribution in [3.8, 4) is 11.3 Å². The van der Waals surface area contributed by atoms with Crippen LogP contribution in [0.4, 0.5) is 4.39 Å². The van der Waals surface area contributed by atoms with Crippen LogP contribution in [0.3, 0.4) is 0 Å². The van der Waals surface area contributed by atoms with Crippen LogP contribution in [-0.4, -0.2) is 19.7 Å². The first-order valence-corrected chi connectivity index (χ1v) is 6.51. The average Bonchev–Trinajstić information content (AvgIpc) is 2.68. The summed E-state index contributed by atoms with van der Waals surface area (Å²) >= 11 is 0. The van der Waals surface area contributed by atoms with E-state index in [1.165, 1.54) is 18.2 Å². The molecule has 3 nitrogen and oxygen atoms in total. The first-order valence-electron chi connectivity index (χ1n) is 4.62. The quantitative estimate of drug-likeness (QED) is 0.873. The maximum absolute atomic E-state index is 13.7. The molecular weight excluding hydrogens is 229 g/mol. The Morgan fingerprint density at radius 2 is 1.94 bits per heavy atom. The van der Waals surface area contributed by atoms with Crippen LogP contribution in [0.1, 0.15) is 0 Å². The maximum Gasteiger partial charge on any atom is 0.176 e. The number of aromatic nitrogens is 1. The fraction of sp³-hybridized carbons (Fsp3) is 0.0909. The van der Waals surface area contributed by atoms with Gasteiger partial charge in [-0.2, -0.15) is 0 Å². The van der Waals surface area contributed by atoms with Crippen molar-refractivity contribution in [3.63, 3.8) is 0 Å². The highest BCUT2D eigenvalue weighted by atomic mass is 32.2. The smallest absolute Gasteiger partial charge is 0.176 e. The van der Waals surface area contributed by atoms with Crippen LogP contribution in [0.25, 0.3) is 11.3 Å². The van der Waals surface area contributed by atoms with Crippen molar-refractivity contribution in [1.82, 2.24) is 4.98 Å². The number of rotatable bonds is 2. The molecule has 2 aromatic rings. The summed E-state index contributed by atoms with van der Waals surface area (Å²) in [6, 6.07) is 7.35. The molecule has 0 atom stereocenters. The van der Waals surface area contributed by atoms with Gasteiger partial charge in [0.05, 0.1) is 10.5 Å². The standard InChI is InChI=1S/C11H10FNO2S/c1-16(14,15)10-6-2-4-8(12)11(10)9-5-3-7-13-9/h2-7,13H,1H3. The number of hydrogen-bond acceptors (Lipinski definition) is 2. The van der Waals surface area contributed by atoms with Crippen molar-refractivity contribution < 1.29 is 12.8 Å². The number of nitrogens with one attached hydrogen (secondary N) is 1. The number of H-pyrrole nitrogens is 1. The van der Waals surface area contributed by atoms with Crippen molar-refractivity contribution >= 4 is 9.84 Å². The van der Waals surface area contributed by atoms with E-state index < -0.39 is 15.7 Å². The Hall–Kier alpha value is -1.62. The van der Waals surface area contributed by atoms with Gasteiger partial charge < -0.3 is 4.98 Å². The Bertz CT molecular complexity index is 603. The zero-order valence-corrected chi connectivity index (χ0v) is 9.38. The molecule has 0 bridgehead atoms. The van der Waals surface area contributed by atoms with Crippen LogP contribution in [0.15, 0.2) is 41.4 Å². The number of halogens is 1. The topological polar surface area (TPSA) is 49.9 Å². The SMILES string of the molecule is CS(=O)(=O)c1cccc(F)c1-c1ccc[nH]1. The third-order valence-electron chi connectivity index (χ3n) is 2.24. The molecule has 2 rings (SSSR count). The largest absolute Gasteiger partial charge is 0.361 e. The Balaban J connectivity index is 2.78. The van der Waals surface area contributed by atoms with Crippen molar-refractivity contribution in [1.29, 1.82) is 0 Å². The van der Waals surface area contributed by atoms with Crippen LogP contribution in [0, 0.1) is 5.82 Å². The van der Waals surface area contributed by atoms with Gasteiger partial charge in [-0.05, 0) is 24.3 Å². The van der Waals surface area contributed by atoms with E-state index in [0.717, 1.165) is 6.26 Å². The maximum atomic E-state index is 13.7. The van der Waals surface area contributed by atoms with E-state index in [1.54, 1.807) is 18.3 Å². The van der Waals surface area contributed by atoms with Gasteiger partial charge in [-0.15, -0.1) is 0 Å². The second kappa shape index (κ2) is 3.75. The molecule has 0 fully saturated rings. The molecule has 84 valence electrons. The zero-order chi connectivity index (χ0) is 11.8. The molecule has 0 spiro atoms. The number of hydrogen-bond donors (Lipinski definition) is 1. The molecule has 0 unspecified atom stereocenters. The van der Waals surface area contributed by atoms with Gasteiger partial charge in [-0.1, -0.05) is 6.07 Å². The highest BCUT2D eigenvalue weighted by molar-refractivity contribution is 7.90. The van der Waals surface area contributed by atoms with E-state index in [4.69, 9.17) is 0 Å². The van der Waals surface area contributed by atoms with E-state index in [1.807, 2.05) is 0 Å². The summed E-state index contributed by atoms with van der Waals surface area (Å²) < 4.78 is 36.7. The van der Waals surface area contributed by atoms with Crippen molar-refractivity contribution in [2.45, 2.75) is 4.90 Å². The van der Waals surface area contributed by atoms with Crippen LogP contribution < -0.4 is 0 Å². The summed E-state index contributed by atoms with van der Waals surface area (Å²) in [6.07, 6.45) is 2.68. The predicted molar refractivity (Wildman–Crippen MR) is 59.3 cm³/mol. The van der Waals surface area contributed by atoms with Gasteiger partial charge in [0.2, 0.25) is 0 Å². The lowest BCUT2D eigenvalue weighted by atomic mass is 10.1. The molecule has 1 N–H and O–H groups in total. The highest BCUT2D eigenvalue weighted by Crippen LogP contribution is 2.28. The van der Waals surface area contributed by atoms with Crippen molar-refractivity contribution in [2.24, 2.45) is 0 Å². The summed E-state index contributed by atoms with van der Waals surface area (Å²) in [5, 5.41) is 0. The normalized spacial score (nSPS) is 11.6. The number of sulfone groups is 1. The van der Waals surface area contributed by atoms with Crippen molar-refractivity contribution in [2.75, 3.05) is 6.26 Å². The summed E-state index contributed by atoms with van der Waals surface area (Å²) in [5.41, 5.74) is 0.550. The molecule has 0 amide bonds. The molecule has 0 saturated carbocycles. The third-order valence-corrected chi connectivity index (χ3v) is 3.38. The first-order chi connectivity index (χ1) is 7.50. The molecule has 0 radical (unpaired) electrons. The molecule has 0 aliphatic rings. The Morgan fingerprint density at radius 3 is 2.50 bits per heavy atom. The average molecular weight is 239 g/mol. The predicted octanol–water partition coefficient (Wildman–Crippen LogP) is 2.22. The fourth-order valence-electron chi connectivity index (χ4n) is 1.56. The Morgan fingerprint density at radius 1 is 1.19 bits per heavy atom. The van der Waals surface area contributed by atoms with Gasteiger partial charge in [-0.25, -0.2) is 12.8 Å². The molecule has 1 aromatic heterocycles. The van der Waals surface area contributed by atoms with Gasteiger partial charge in [0.25, 0.3) is 0 Å². The Labute approximate surface area is 92.9 Å². The minimum absolute atomic E-state index is 0.00468. The second-order valence-electron chi connectivity index (χ2n) is 3.47. The van der Waals surface area contributed by atoms with Gasteiger partial charge in [0.15, 0.2) is 9.84 Å². The van der Waals surface area contributed by atoms with E-state index >= 15 is 0 Å². The number of benzene rings is 1. The van der Waals surface area contributed by atoms with Gasteiger partial charge in [0.1, 0.15) is 5.82 Å². The lowest BCUT2D eigenvalue weighted by Crippen LogP contribution is -2.01. The van der Waals surface area contributed by atoms with Crippen LogP contribution in [-0.2, 0) is 9.84 Å². The molecule has 1 aromatic carbocycles. The zero-order valence-electron chi connectivity index (χ0n) is 8.57. The van der Waals surface area contributed by atoms with E-state index in [0.29, 0.717) is 5.69 Å². The summed E-state index contributed by atoms with van der Waals surface area (Å²) in [7, 11) is -3.44. The monoisotopic (exact) mass is 239 g/mol. The molecule has 1 heterocycles. The molecule has 0 saturated heterocycles. The fourth-order valence-corrected chi connectivity index (χ4v) is 2.46. The lowest BCUT2D eigenvalue weighted by Gasteiger charge is -2.07. The molecular formula is C11H10FNO2S. The Kier molecular flexibility index (Phi) is 2.55. The van der Waals surface area contributed by atoms with Gasteiger partial charge >= 0.3 is 0 Å². The van der Waals surface area contributed by atoms with Gasteiger partial charge in [0, 0.05) is 18.1 Å². The number of aromatic amines is 1. The highest BCUT2D eigenvalue weighted by Gasteiger charge is 2.18. The van der Waals surface area contributed by atoms with Crippen LogP contribution in [0.5, 0.6) is 0 Å². The van der Waals surface area contributed by atoms with Crippen LogP contribution in [0.2, 0.25) is 0 Å². The van der Waals surface area contributed by atoms with Crippen LogP contribution >= 0.6 is 0 Å². The molecule has 5 heteroatoms. The molecule has 0 aliphatic heterocycles. The minimum atomic E-state index is -3.44.